The van der Waals surface area contributed by atoms with E-state index in [1.807, 2.05) is 23.4 Å². The molecule has 1 saturated heterocycles. The molecule has 2 rings (SSSR count). The highest BCUT2D eigenvalue weighted by Crippen LogP contribution is 2.31. The van der Waals surface area contributed by atoms with Crippen molar-refractivity contribution in [2.45, 2.75) is 31.3 Å². The van der Waals surface area contributed by atoms with Gasteiger partial charge in [-0.1, -0.05) is 6.07 Å². The Labute approximate surface area is 93.9 Å². The third kappa shape index (κ3) is 2.06. The van der Waals surface area contributed by atoms with E-state index >= 15 is 0 Å². The van der Waals surface area contributed by atoms with Crippen molar-refractivity contribution >= 4 is 17.2 Å². The minimum absolute atomic E-state index is 0.0694. The van der Waals surface area contributed by atoms with Gasteiger partial charge in [0.1, 0.15) is 0 Å². The van der Waals surface area contributed by atoms with Crippen LogP contribution in [-0.4, -0.2) is 23.9 Å². The topological polar surface area (TPSA) is 46.3 Å². The molecule has 15 heavy (non-hydrogen) atoms. The van der Waals surface area contributed by atoms with E-state index in [1.165, 1.54) is 4.88 Å². The lowest BCUT2D eigenvalue weighted by Crippen LogP contribution is -2.39. The number of nitrogens with zero attached hydrogens (tertiary/aromatic N) is 1. The Kier molecular flexibility index (Phi) is 3.07. The van der Waals surface area contributed by atoms with E-state index in [0.29, 0.717) is 6.42 Å². The Hall–Kier alpha value is -0.870. The number of hydrogen-bond donors (Lipinski definition) is 1. The van der Waals surface area contributed by atoms with Crippen LogP contribution in [0.3, 0.4) is 0 Å². The number of likely N-dealkylation sites (tertiary alicyclic amines) is 1. The average molecular weight is 224 g/mol. The molecule has 0 aliphatic carbocycles. The van der Waals surface area contributed by atoms with Gasteiger partial charge in [-0.3, -0.25) is 4.79 Å². The van der Waals surface area contributed by atoms with Gasteiger partial charge in [0.25, 0.3) is 0 Å². The minimum Gasteiger partial charge on any atom is -0.336 e. The Morgan fingerprint density at radius 1 is 1.60 bits per heavy atom. The standard InChI is InChI=1S/C11H16N2OS/c1-13-10(14)6-2-4-8(12)11(13)9-5-3-7-15-9/h3,5,7-8,11H,2,4,6,12H2,1H3. The average Bonchev–Trinajstić information content (AvgIpc) is 2.67. The second kappa shape index (κ2) is 4.33. The molecular formula is C11H16N2OS. The van der Waals surface area contributed by atoms with E-state index < -0.39 is 0 Å². The zero-order valence-corrected chi connectivity index (χ0v) is 9.67. The number of likely N-dealkylation sites (N-methyl/N-ethyl adjacent to an activating group) is 1. The van der Waals surface area contributed by atoms with Gasteiger partial charge >= 0.3 is 0 Å². The van der Waals surface area contributed by atoms with Crippen molar-refractivity contribution in [3.05, 3.63) is 22.4 Å². The van der Waals surface area contributed by atoms with Crippen molar-refractivity contribution in [2.75, 3.05) is 7.05 Å². The predicted molar refractivity (Wildman–Crippen MR) is 61.7 cm³/mol. The molecule has 0 spiro atoms. The maximum absolute atomic E-state index is 11.7. The third-order valence-electron chi connectivity index (χ3n) is 2.98. The highest BCUT2D eigenvalue weighted by Gasteiger charge is 2.30. The molecule has 2 heterocycles. The fourth-order valence-electron chi connectivity index (χ4n) is 2.13. The summed E-state index contributed by atoms with van der Waals surface area (Å²) in [6, 6.07) is 4.21. The molecule has 4 heteroatoms. The van der Waals surface area contributed by atoms with E-state index in [4.69, 9.17) is 5.73 Å². The quantitative estimate of drug-likeness (QED) is 0.790. The number of thiophene rings is 1. The summed E-state index contributed by atoms with van der Waals surface area (Å²) < 4.78 is 0. The molecule has 1 amide bonds. The Bertz CT molecular complexity index is 336. The second-order valence-electron chi connectivity index (χ2n) is 4.02. The summed E-state index contributed by atoms with van der Waals surface area (Å²) in [5.41, 5.74) is 6.14. The van der Waals surface area contributed by atoms with Gasteiger partial charge in [-0.2, -0.15) is 0 Å². The summed E-state index contributed by atoms with van der Waals surface area (Å²) in [5.74, 6) is 0.210. The highest BCUT2D eigenvalue weighted by atomic mass is 32.1. The molecule has 2 atom stereocenters. The lowest BCUT2D eigenvalue weighted by Gasteiger charge is -2.29. The molecule has 1 fully saturated rings. The number of nitrogens with two attached hydrogens (primary N) is 1. The maximum atomic E-state index is 11.7. The first-order chi connectivity index (χ1) is 7.20. The maximum Gasteiger partial charge on any atom is 0.222 e. The van der Waals surface area contributed by atoms with Crippen molar-refractivity contribution in [2.24, 2.45) is 5.73 Å². The van der Waals surface area contributed by atoms with Crippen LogP contribution in [0.25, 0.3) is 0 Å². The Morgan fingerprint density at radius 3 is 3.07 bits per heavy atom. The molecule has 0 aromatic carbocycles. The first-order valence-electron chi connectivity index (χ1n) is 5.25. The van der Waals surface area contributed by atoms with Crippen molar-refractivity contribution in [3.63, 3.8) is 0 Å². The number of amides is 1. The molecule has 0 bridgehead atoms. The van der Waals surface area contributed by atoms with E-state index in [2.05, 4.69) is 6.07 Å². The van der Waals surface area contributed by atoms with Crippen molar-refractivity contribution < 1.29 is 4.79 Å². The van der Waals surface area contributed by atoms with Crippen LogP contribution in [0.1, 0.15) is 30.2 Å². The Morgan fingerprint density at radius 2 is 2.40 bits per heavy atom. The minimum atomic E-state index is 0.0694. The fourth-order valence-corrected chi connectivity index (χ4v) is 3.07. The molecule has 0 saturated carbocycles. The van der Waals surface area contributed by atoms with E-state index in [1.54, 1.807) is 11.3 Å². The van der Waals surface area contributed by atoms with Crippen LogP contribution in [0, 0.1) is 0 Å². The van der Waals surface area contributed by atoms with Gasteiger partial charge in [0.05, 0.1) is 6.04 Å². The van der Waals surface area contributed by atoms with Gasteiger partial charge in [0.15, 0.2) is 0 Å². The van der Waals surface area contributed by atoms with Crippen molar-refractivity contribution in [1.29, 1.82) is 0 Å². The summed E-state index contributed by atoms with van der Waals surface area (Å²) in [5, 5.41) is 2.03. The van der Waals surface area contributed by atoms with Gasteiger partial charge < -0.3 is 10.6 Å². The van der Waals surface area contributed by atoms with Gasteiger partial charge in [0, 0.05) is 24.4 Å². The predicted octanol–water partition coefficient (Wildman–Crippen LogP) is 1.76. The normalized spacial score (nSPS) is 27.9. The van der Waals surface area contributed by atoms with Crippen LogP contribution in [0.4, 0.5) is 0 Å². The first kappa shape index (κ1) is 10.6. The van der Waals surface area contributed by atoms with Crippen LogP contribution in [0.15, 0.2) is 17.5 Å². The summed E-state index contributed by atoms with van der Waals surface area (Å²) in [4.78, 5) is 14.7. The third-order valence-corrected chi connectivity index (χ3v) is 3.92. The lowest BCUT2D eigenvalue weighted by molar-refractivity contribution is -0.131. The summed E-state index contributed by atoms with van der Waals surface area (Å²) in [6.45, 7) is 0. The van der Waals surface area contributed by atoms with Crippen LogP contribution < -0.4 is 5.73 Å². The monoisotopic (exact) mass is 224 g/mol. The summed E-state index contributed by atoms with van der Waals surface area (Å²) in [7, 11) is 1.86. The first-order valence-corrected chi connectivity index (χ1v) is 6.13. The zero-order valence-electron chi connectivity index (χ0n) is 8.85. The lowest BCUT2D eigenvalue weighted by atomic mass is 10.0. The largest absolute Gasteiger partial charge is 0.336 e. The smallest absolute Gasteiger partial charge is 0.222 e. The SMILES string of the molecule is CN1C(=O)CCCC(N)C1c1cccs1. The van der Waals surface area contributed by atoms with Crippen LogP contribution in [-0.2, 0) is 4.79 Å². The van der Waals surface area contributed by atoms with Gasteiger partial charge in [0.2, 0.25) is 5.91 Å². The van der Waals surface area contributed by atoms with Gasteiger partial charge in [-0.25, -0.2) is 0 Å². The zero-order chi connectivity index (χ0) is 10.8. The van der Waals surface area contributed by atoms with E-state index in [9.17, 15) is 4.79 Å². The fraction of sp³-hybridized carbons (Fsp3) is 0.545. The van der Waals surface area contributed by atoms with Crippen LogP contribution >= 0.6 is 11.3 Å². The van der Waals surface area contributed by atoms with Gasteiger partial charge in [-0.05, 0) is 24.3 Å². The summed E-state index contributed by atoms with van der Waals surface area (Å²) in [6.07, 6.45) is 2.47. The van der Waals surface area contributed by atoms with Crippen molar-refractivity contribution in [3.8, 4) is 0 Å². The molecule has 1 aliphatic heterocycles. The van der Waals surface area contributed by atoms with Crippen LogP contribution in [0.2, 0.25) is 0 Å². The molecule has 1 aliphatic rings. The molecule has 1 aromatic heterocycles. The summed E-state index contributed by atoms with van der Waals surface area (Å²) >= 11 is 1.67. The van der Waals surface area contributed by atoms with E-state index in [0.717, 1.165) is 12.8 Å². The number of hydrogen-bond acceptors (Lipinski definition) is 3. The molecule has 0 radical (unpaired) electrons. The molecule has 2 N–H and O–H groups in total. The molecule has 1 aromatic rings. The van der Waals surface area contributed by atoms with E-state index in [-0.39, 0.29) is 18.0 Å². The number of carbonyl (C=O) groups excluding carboxylic acids is 1. The molecule has 3 nitrogen and oxygen atoms in total. The molecular weight excluding hydrogens is 208 g/mol. The highest BCUT2D eigenvalue weighted by molar-refractivity contribution is 7.10. The number of carbonyl (C=O) groups is 1. The Balaban J connectivity index is 2.28. The number of rotatable bonds is 1. The van der Waals surface area contributed by atoms with Gasteiger partial charge in [-0.15, -0.1) is 11.3 Å². The van der Waals surface area contributed by atoms with Crippen LogP contribution in [0.5, 0.6) is 0 Å². The second-order valence-corrected chi connectivity index (χ2v) is 5.00. The van der Waals surface area contributed by atoms with Crippen molar-refractivity contribution in [1.82, 2.24) is 4.90 Å². The molecule has 82 valence electrons. The molecule has 2 unspecified atom stereocenters.